The number of aromatic nitrogens is 6. The number of amides is 1. The molecule has 5 aromatic rings. The third-order valence-corrected chi connectivity index (χ3v) is 9.18. The number of nitrogens with zero attached hydrogens (tertiary/aromatic N) is 5. The van der Waals surface area contributed by atoms with Gasteiger partial charge in [0.1, 0.15) is 11.4 Å². The molecular weight excluding hydrogens is 634 g/mol. The minimum atomic E-state index is -0.584. The second-order valence-corrected chi connectivity index (χ2v) is 14.6. The molecule has 10 heteroatoms. The number of hydrogen-bond acceptors (Lipinski definition) is 5. The highest BCUT2D eigenvalue weighted by Crippen LogP contribution is 2.30. The monoisotopic (exact) mass is 685 g/mol. The van der Waals surface area contributed by atoms with Crippen LogP contribution < -0.4 is 10.1 Å². The Morgan fingerprint density at radius 3 is 2.24 bits per heavy atom. The number of nitrogens with one attached hydrogen (secondary N) is 2. The Morgan fingerprint density at radius 2 is 1.61 bits per heavy atom. The molecule has 3 aromatic heterocycles. The summed E-state index contributed by atoms with van der Waals surface area (Å²) in [4.78, 5) is 18.5. The fraction of sp³-hybridized carbons (Fsp3) is 0.487. The van der Waals surface area contributed by atoms with Crippen LogP contribution in [-0.4, -0.2) is 48.1 Å². The Bertz CT molecular complexity index is 1740. The Morgan fingerprint density at radius 1 is 0.959 bits per heavy atom. The standard InChI is InChI=1S/C39H52ClN7O2/c1-6-7-8-9-10-11-12-13-15-33(49-32-22-18-30(19-23-32)26-29-16-20-31(40)21-17-29)38(48)41-27-28(2)36-43-37-34(46-25-14-24-42-46)35(39(3,4)5)44-47(37)45-36/h14,16-25,28,33,44H,6-13,15,26-27H2,1-5H3,(H,41,48). The summed E-state index contributed by atoms with van der Waals surface area (Å²) in [5, 5.41) is 16.5. The predicted octanol–water partition coefficient (Wildman–Crippen LogP) is 8.98. The van der Waals surface area contributed by atoms with Crippen molar-refractivity contribution in [2.45, 2.75) is 116 Å². The lowest BCUT2D eigenvalue weighted by Crippen LogP contribution is -2.40. The molecule has 262 valence electrons. The van der Waals surface area contributed by atoms with Crippen LogP contribution in [0.25, 0.3) is 11.3 Å². The van der Waals surface area contributed by atoms with E-state index in [1.165, 1.54) is 49.7 Å². The number of ether oxygens (including phenoxy) is 1. The van der Waals surface area contributed by atoms with Crippen molar-refractivity contribution in [2.75, 3.05) is 6.54 Å². The van der Waals surface area contributed by atoms with E-state index in [2.05, 4.69) is 55.3 Å². The molecule has 0 spiro atoms. The largest absolute Gasteiger partial charge is 0.481 e. The van der Waals surface area contributed by atoms with E-state index in [1.807, 2.05) is 60.3 Å². The number of rotatable bonds is 18. The summed E-state index contributed by atoms with van der Waals surface area (Å²) >= 11 is 6.05. The van der Waals surface area contributed by atoms with Gasteiger partial charge in [-0.2, -0.15) is 9.73 Å². The molecule has 2 unspecified atom stereocenters. The molecule has 9 nitrogen and oxygen atoms in total. The fourth-order valence-electron chi connectivity index (χ4n) is 6.03. The van der Waals surface area contributed by atoms with Gasteiger partial charge in [-0.15, -0.1) is 5.10 Å². The van der Waals surface area contributed by atoms with Crippen molar-refractivity contribution in [3.63, 3.8) is 0 Å². The lowest BCUT2D eigenvalue weighted by molar-refractivity contribution is -0.128. The minimum Gasteiger partial charge on any atom is -0.481 e. The predicted molar refractivity (Wildman–Crippen MR) is 197 cm³/mol. The van der Waals surface area contributed by atoms with Crippen molar-refractivity contribution in [2.24, 2.45) is 0 Å². The van der Waals surface area contributed by atoms with Crippen molar-refractivity contribution in [1.82, 2.24) is 34.9 Å². The van der Waals surface area contributed by atoms with E-state index in [1.54, 1.807) is 10.8 Å². The van der Waals surface area contributed by atoms with Crippen LogP contribution in [0.5, 0.6) is 5.75 Å². The van der Waals surface area contributed by atoms with Gasteiger partial charge in [0.15, 0.2) is 11.9 Å². The van der Waals surface area contributed by atoms with E-state index in [0.29, 0.717) is 30.2 Å². The lowest BCUT2D eigenvalue weighted by Gasteiger charge is -2.20. The van der Waals surface area contributed by atoms with Crippen molar-refractivity contribution < 1.29 is 9.53 Å². The van der Waals surface area contributed by atoms with Crippen LogP contribution >= 0.6 is 11.6 Å². The van der Waals surface area contributed by atoms with E-state index in [9.17, 15) is 4.79 Å². The van der Waals surface area contributed by atoms with Crippen LogP contribution in [-0.2, 0) is 16.6 Å². The van der Waals surface area contributed by atoms with Crippen molar-refractivity contribution in [1.29, 1.82) is 0 Å². The first-order chi connectivity index (χ1) is 23.6. The minimum absolute atomic E-state index is 0.114. The van der Waals surface area contributed by atoms with E-state index in [0.717, 1.165) is 35.7 Å². The van der Waals surface area contributed by atoms with Gasteiger partial charge >= 0.3 is 0 Å². The molecule has 0 fully saturated rings. The van der Waals surface area contributed by atoms with Gasteiger partial charge in [-0.05, 0) is 60.7 Å². The quantitative estimate of drug-likeness (QED) is 0.0897. The first kappa shape index (κ1) is 36.2. The molecule has 0 saturated carbocycles. The van der Waals surface area contributed by atoms with Gasteiger partial charge in [0.05, 0.1) is 5.69 Å². The van der Waals surface area contributed by atoms with Crippen molar-refractivity contribution >= 4 is 23.2 Å². The van der Waals surface area contributed by atoms with Gasteiger partial charge in [-0.25, -0.2) is 9.67 Å². The highest BCUT2D eigenvalue weighted by molar-refractivity contribution is 6.30. The molecular formula is C39H52ClN7O2. The smallest absolute Gasteiger partial charge is 0.261 e. The number of carbonyl (C=O) groups is 1. The molecule has 0 radical (unpaired) electrons. The highest BCUT2D eigenvalue weighted by Gasteiger charge is 2.28. The number of benzene rings is 2. The summed E-state index contributed by atoms with van der Waals surface area (Å²) < 4.78 is 9.90. The number of hydrogen-bond donors (Lipinski definition) is 2. The molecule has 2 N–H and O–H groups in total. The maximum atomic E-state index is 13.6. The molecule has 0 saturated heterocycles. The zero-order valence-electron chi connectivity index (χ0n) is 29.7. The number of H-pyrrole nitrogens is 1. The van der Waals surface area contributed by atoms with Gasteiger partial charge in [0.2, 0.25) is 5.65 Å². The van der Waals surface area contributed by atoms with E-state index in [4.69, 9.17) is 26.4 Å². The Hall–Kier alpha value is -4.11. The number of fused-ring (bicyclic) bond motifs is 1. The van der Waals surface area contributed by atoms with Crippen LogP contribution in [0.15, 0.2) is 67.0 Å². The molecule has 0 bridgehead atoms. The molecule has 0 aliphatic rings. The van der Waals surface area contributed by atoms with Gasteiger partial charge in [0.25, 0.3) is 5.91 Å². The lowest BCUT2D eigenvalue weighted by atomic mass is 9.91. The first-order valence-corrected chi connectivity index (χ1v) is 18.3. The highest BCUT2D eigenvalue weighted by atomic mass is 35.5. The normalized spacial score (nSPS) is 13.1. The summed E-state index contributed by atoms with van der Waals surface area (Å²) in [5.74, 6) is 1.12. The summed E-state index contributed by atoms with van der Waals surface area (Å²) in [7, 11) is 0. The van der Waals surface area contributed by atoms with Crippen LogP contribution in [0.3, 0.4) is 0 Å². The SMILES string of the molecule is CCCCCCCCCCC(Oc1ccc(Cc2ccc(Cl)cc2)cc1)C(=O)NCC(C)c1nc2c(-n3cccn3)c(C(C)(C)C)[nH]n2n1. The number of unbranched alkanes of at least 4 members (excludes halogenated alkanes) is 7. The van der Waals surface area contributed by atoms with Crippen molar-refractivity contribution in [3.05, 3.63) is 94.7 Å². The fourth-order valence-corrected chi connectivity index (χ4v) is 6.16. The first-order valence-electron chi connectivity index (χ1n) is 17.9. The molecule has 3 heterocycles. The van der Waals surface area contributed by atoms with Gasteiger partial charge in [-0.3, -0.25) is 9.89 Å². The van der Waals surface area contributed by atoms with E-state index < -0.39 is 6.10 Å². The van der Waals surface area contributed by atoms with Crippen LogP contribution in [0.4, 0.5) is 0 Å². The molecule has 2 aromatic carbocycles. The van der Waals surface area contributed by atoms with Gasteiger partial charge < -0.3 is 10.1 Å². The van der Waals surface area contributed by atoms with E-state index in [-0.39, 0.29) is 17.2 Å². The molecule has 49 heavy (non-hydrogen) atoms. The van der Waals surface area contributed by atoms with Crippen LogP contribution in [0, 0.1) is 0 Å². The third kappa shape index (κ3) is 9.97. The molecule has 0 aliphatic heterocycles. The number of aromatic amines is 1. The van der Waals surface area contributed by atoms with Gasteiger partial charge in [0, 0.05) is 35.3 Å². The zero-order chi connectivity index (χ0) is 34.8. The Balaban J connectivity index is 1.22. The molecule has 2 atom stereocenters. The topological polar surface area (TPSA) is 102 Å². The van der Waals surface area contributed by atoms with Crippen LogP contribution in [0.2, 0.25) is 5.02 Å². The molecule has 0 aliphatic carbocycles. The maximum absolute atomic E-state index is 13.6. The number of halogens is 1. The summed E-state index contributed by atoms with van der Waals surface area (Å²) in [6.07, 6.45) is 14.2. The summed E-state index contributed by atoms with van der Waals surface area (Å²) in [6.45, 7) is 11.1. The molecule has 5 rings (SSSR count). The van der Waals surface area contributed by atoms with Crippen LogP contribution in [0.1, 0.15) is 121 Å². The average Bonchev–Trinajstić information content (AvgIpc) is 3.83. The summed E-state index contributed by atoms with van der Waals surface area (Å²) in [5.41, 5.74) is 4.78. The summed E-state index contributed by atoms with van der Waals surface area (Å²) in [6, 6.07) is 17.8. The second kappa shape index (κ2) is 17.0. The Labute approximate surface area is 295 Å². The third-order valence-electron chi connectivity index (χ3n) is 8.93. The second-order valence-electron chi connectivity index (χ2n) is 14.2. The zero-order valence-corrected chi connectivity index (χ0v) is 30.5. The molecule has 1 amide bonds. The van der Waals surface area contributed by atoms with Gasteiger partial charge in [-0.1, -0.05) is 115 Å². The van der Waals surface area contributed by atoms with Crippen molar-refractivity contribution in [3.8, 4) is 11.4 Å². The maximum Gasteiger partial charge on any atom is 0.261 e. The van der Waals surface area contributed by atoms with E-state index >= 15 is 0 Å². The Kier molecular flexibility index (Phi) is 12.6. The number of carbonyl (C=O) groups excluding carboxylic acids is 1. The average molecular weight is 686 g/mol.